The SMILES string of the molecule is CCC(Nc1ccccc1Br)C1CCOC1. The lowest BCUT2D eigenvalue weighted by Crippen LogP contribution is -2.28. The van der Waals surface area contributed by atoms with Gasteiger partial charge in [-0.05, 0) is 40.9 Å². The Bertz CT molecular complexity index is 336. The van der Waals surface area contributed by atoms with Gasteiger partial charge in [-0.1, -0.05) is 19.1 Å². The van der Waals surface area contributed by atoms with Crippen LogP contribution in [0.15, 0.2) is 28.7 Å². The minimum absolute atomic E-state index is 0.515. The van der Waals surface area contributed by atoms with Gasteiger partial charge in [0.25, 0.3) is 0 Å². The molecule has 1 aromatic carbocycles. The van der Waals surface area contributed by atoms with Gasteiger partial charge in [-0.25, -0.2) is 0 Å². The van der Waals surface area contributed by atoms with E-state index >= 15 is 0 Å². The zero-order valence-electron chi connectivity index (χ0n) is 9.58. The topological polar surface area (TPSA) is 21.3 Å². The lowest BCUT2D eigenvalue weighted by atomic mass is 9.96. The Hall–Kier alpha value is -0.540. The van der Waals surface area contributed by atoms with Crippen molar-refractivity contribution in [2.24, 2.45) is 5.92 Å². The van der Waals surface area contributed by atoms with Crippen molar-refractivity contribution in [2.45, 2.75) is 25.8 Å². The normalized spacial score (nSPS) is 22.0. The van der Waals surface area contributed by atoms with Crippen LogP contribution in [-0.2, 0) is 4.74 Å². The number of hydrogen-bond acceptors (Lipinski definition) is 2. The average Bonchev–Trinajstić information content (AvgIpc) is 2.81. The molecule has 0 aromatic heterocycles. The van der Waals surface area contributed by atoms with E-state index in [1.165, 1.54) is 12.1 Å². The Labute approximate surface area is 106 Å². The van der Waals surface area contributed by atoms with Gasteiger partial charge >= 0.3 is 0 Å². The second-order valence-electron chi connectivity index (χ2n) is 4.26. The first-order valence-electron chi connectivity index (χ1n) is 5.90. The van der Waals surface area contributed by atoms with Crippen molar-refractivity contribution in [1.82, 2.24) is 0 Å². The highest BCUT2D eigenvalue weighted by Gasteiger charge is 2.24. The molecule has 1 saturated heterocycles. The molecule has 1 aliphatic heterocycles. The fourth-order valence-corrected chi connectivity index (χ4v) is 2.60. The number of para-hydroxylation sites is 1. The second-order valence-corrected chi connectivity index (χ2v) is 5.12. The molecule has 2 nitrogen and oxygen atoms in total. The first-order valence-corrected chi connectivity index (χ1v) is 6.69. The molecule has 1 heterocycles. The van der Waals surface area contributed by atoms with Gasteiger partial charge in [0.1, 0.15) is 0 Å². The maximum absolute atomic E-state index is 5.46. The van der Waals surface area contributed by atoms with Crippen molar-refractivity contribution in [1.29, 1.82) is 0 Å². The van der Waals surface area contributed by atoms with Crippen molar-refractivity contribution >= 4 is 21.6 Å². The van der Waals surface area contributed by atoms with Gasteiger partial charge in [0.05, 0.1) is 6.61 Å². The molecule has 0 radical (unpaired) electrons. The van der Waals surface area contributed by atoms with E-state index in [0.29, 0.717) is 12.0 Å². The summed E-state index contributed by atoms with van der Waals surface area (Å²) in [5.41, 5.74) is 1.18. The Balaban J connectivity index is 2.03. The Morgan fingerprint density at radius 3 is 2.94 bits per heavy atom. The maximum atomic E-state index is 5.46. The van der Waals surface area contributed by atoms with Gasteiger partial charge < -0.3 is 10.1 Å². The van der Waals surface area contributed by atoms with Gasteiger partial charge in [-0.15, -0.1) is 0 Å². The highest BCUT2D eigenvalue weighted by atomic mass is 79.9. The van der Waals surface area contributed by atoms with E-state index in [1.54, 1.807) is 0 Å². The lowest BCUT2D eigenvalue weighted by molar-refractivity contribution is 0.182. The molecule has 2 atom stereocenters. The molecule has 16 heavy (non-hydrogen) atoms. The fraction of sp³-hybridized carbons (Fsp3) is 0.538. The standard InChI is InChI=1S/C13H18BrNO/c1-2-12(10-7-8-16-9-10)15-13-6-4-3-5-11(13)14/h3-6,10,12,15H,2,7-9H2,1H3. The summed E-state index contributed by atoms with van der Waals surface area (Å²) in [6, 6.07) is 8.80. The van der Waals surface area contributed by atoms with Crippen LogP contribution in [-0.4, -0.2) is 19.3 Å². The van der Waals surface area contributed by atoms with Crippen molar-refractivity contribution in [2.75, 3.05) is 18.5 Å². The summed E-state index contributed by atoms with van der Waals surface area (Å²) in [7, 11) is 0. The van der Waals surface area contributed by atoms with Crippen LogP contribution in [0.5, 0.6) is 0 Å². The average molecular weight is 284 g/mol. The van der Waals surface area contributed by atoms with Crippen LogP contribution in [0, 0.1) is 5.92 Å². The van der Waals surface area contributed by atoms with Crippen LogP contribution in [0.25, 0.3) is 0 Å². The van der Waals surface area contributed by atoms with E-state index < -0.39 is 0 Å². The van der Waals surface area contributed by atoms with E-state index in [1.807, 2.05) is 6.07 Å². The number of hydrogen-bond donors (Lipinski definition) is 1. The van der Waals surface area contributed by atoms with Crippen molar-refractivity contribution in [3.05, 3.63) is 28.7 Å². The van der Waals surface area contributed by atoms with Crippen molar-refractivity contribution in [3.63, 3.8) is 0 Å². The monoisotopic (exact) mass is 283 g/mol. The molecule has 0 bridgehead atoms. The van der Waals surface area contributed by atoms with Crippen LogP contribution in [0.4, 0.5) is 5.69 Å². The molecule has 1 aliphatic rings. The number of ether oxygens (including phenoxy) is 1. The smallest absolute Gasteiger partial charge is 0.0514 e. The Kier molecular flexibility index (Phi) is 4.24. The molecule has 1 N–H and O–H groups in total. The summed E-state index contributed by atoms with van der Waals surface area (Å²) < 4.78 is 6.59. The van der Waals surface area contributed by atoms with Crippen molar-refractivity contribution < 1.29 is 4.74 Å². The summed E-state index contributed by atoms with van der Waals surface area (Å²) >= 11 is 3.57. The molecule has 0 amide bonds. The van der Waals surface area contributed by atoms with Crippen LogP contribution in [0.1, 0.15) is 19.8 Å². The third kappa shape index (κ3) is 2.77. The highest BCUT2D eigenvalue weighted by molar-refractivity contribution is 9.10. The molecule has 0 saturated carbocycles. The first kappa shape index (κ1) is 11.9. The number of halogens is 1. The van der Waals surface area contributed by atoms with E-state index in [9.17, 15) is 0 Å². The molecule has 3 heteroatoms. The molecular weight excluding hydrogens is 266 g/mol. The summed E-state index contributed by atoms with van der Waals surface area (Å²) in [6.45, 7) is 4.04. The first-order chi connectivity index (χ1) is 7.81. The largest absolute Gasteiger partial charge is 0.381 e. The Morgan fingerprint density at radius 2 is 2.31 bits per heavy atom. The molecule has 0 spiro atoms. The number of rotatable bonds is 4. The van der Waals surface area contributed by atoms with Gasteiger partial charge in [0, 0.05) is 28.7 Å². The maximum Gasteiger partial charge on any atom is 0.0514 e. The van der Waals surface area contributed by atoms with Gasteiger partial charge in [0.15, 0.2) is 0 Å². The Morgan fingerprint density at radius 1 is 1.50 bits per heavy atom. The predicted molar refractivity (Wildman–Crippen MR) is 70.8 cm³/mol. The molecule has 2 unspecified atom stereocenters. The van der Waals surface area contributed by atoms with E-state index in [2.05, 4.69) is 46.4 Å². The molecular formula is C13H18BrNO. The highest BCUT2D eigenvalue weighted by Crippen LogP contribution is 2.27. The zero-order valence-corrected chi connectivity index (χ0v) is 11.2. The van der Waals surface area contributed by atoms with Gasteiger partial charge in [0.2, 0.25) is 0 Å². The second kappa shape index (κ2) is 5.69. The number of benzene rings is 1. The van der Waals surface area contributed by atoms with Crippen LogP contribution < -0.4 is 5.32 Å². The predicted octanol–water partition coefficient (Wildman–Crippen LogP) is 3.68. The molecule has 0 aliphatic carbocycles. The molecule has 1 fully saturated rings. The van der Waals surface area contributed by atoms with E-state index in [-0.39, 0.29) is 0 Å². The minimum atomic E-state index is 0.515. The fourth-order valence-electron chi connectivity index (χ4n) is 2.20. The lowest BCUT2D eigenvalue weighted by Gasteiger charge is -2.24. The summed E-state index contributed by atoms with van der Waals surface area (Å²) in [5, 5.41) is 3.61. The zero-order chi connectivity index (χ0) is 11.4. The molecule has 1 aromatic rings. The summed E-state index contributed by atoms with van der Waals surface area (Å²) in [6.07, 6.45) is 2.31. The van der Waals surface area contributed by atoms with Crippen LogP contribution in [0.3, 0.4) is 0 Å². The van der Waals surface area contributed by atoms with E-state index in [0.717, 1.165) is 24.1 Å². The van der Waals surface area contributed by atoms with Crippen LogP contribution in [0.2, 0.25) is 0 Å². The summed E-state index contributed by atoms with van der Waals surface area (Å²) in [5.74, 6) is 0.650. The minimum Gasteiger partial charge on any atom is -0.381 e. The third-order valence-corrected chi connectivity index (χ3v) is 3.88. The molecule has 2 rings (SSSR count). The third-order valence-electron chi connectivity index (χ3n) is 3.19. The molecule has 88 valence electrons. The van der Waals surface area contributed by atoms with Gasteiger partial charge in [-0.2, -0.15) is 0 Å². The van der Waals surface area contributed by atoms with Gasteiger partial charge in [-0.3, -0.25) is 0 Å². The quantitative estimate of drug-likeness (QED) is 0.910. The number of anilines is 1. The summed E-state index contributed by atoms with van der Waals surface area (Å²) in [4.78, 5) is 0. The van der Waals surface area contributed by atoms with Crippen molar-refractivity contribution in [3.8, 4) is 0 Å². The number of nitrogens with one attached hydrogen (secondary N) is 1. The van der Waals surface area contributed by atoms with Crippen LogP contribution >= 0.6 is 15.9 Å². The van der Waals surface area contributed by atoms with E-state index in [4.69, 9.17) is 4.74 Å².